The van der Waals surface area contributed by atoms with Gasteiger partial charge >= 0.3 is 0 Å². The number of hydrogen-bond donors (Lipinski definition) is 0. The first-order valence-electron chi connectivity index (χ1n) is 20.1. The van der Waals surface area contributed by atoms with Gasteiger partial charge in [0.1, 0.15) is 0 Å². The van der Waals surface area contributed by atoms with Crippen LogP contribution in [-0.2, 0) is 0 Å². The Morgan fingerprint density at radius 1 is 0.333 bits per heavy atom. The maximum Gasteiger partial charge on any atom is 0.0541 e. The summed E-state index contributed by atoms with van der Waals surface area (Å²) >= 11 is 0. The number of aromatic nitrogens is 1. The highest BCUT2D eigenvalue weighted by Crippen LogP contribution is 2.41. The number of fused-ring (bicyclic) bond motifs is 6. The quantitative estimate of drug-likeness (QED) is 0.154. The van der Waals surface area contributed by atoms with Crippen LogP contribution < -0.4 is 4.90 Å². The largest absolute Gasteiger partial charge is 0.310 e. The normalized spacial score (nSPS) is 11.2. The van der Waals surface area contributed by atoms with E-state index in [0.29, 0.717) is 0 Å². The summed E-state index contributed by atoms with van der Waals surface area (Å²) in [6.07, 6.45) is 0. The van der Waals surface area contributed by atoms with Gasteiger partial charge in [-0.15, -0.1) is 0 Å². The van der Waals surface area contributed by atoms with Crippen LogP contribution >= 0.6 is 0 Å². The molecule has 0 fully saturated rings. The van der Waals surface area contributed by atoms with Crippen LogP contribution in [0.4, 0.5) is 17.1 Å². The first-order valence-corrected chi connectivity index (χ1v) is 20.1. The topological polar surface area (TPSA) is 8.17 Å². The van der Waals surface area contributed by atoms with Gasteiger partial charge in [-0.2, -0.15) is 0 Å². The van der Waals surface area contributed by atoms with Crippen molar-refractivity contribution < 1.29 is 0 Å². The third-order valence-corrected chi connectivity index (χ3v) is 11.5. The Bertz CT molecular complexity index is 3030. The lowest BCUT2D eigenvalue weighted by molar-refractivity contribution is 1.17. The van der Waals surface area contributed by atoms with Crippen LogP contribution in [0, 0.1) is 20.8 Å². The predicted octanol–water partition coefficient (Wildman–Crippen LogP) is 15.8. The van der Waals surface area contributed by atoms with Crippen LogP contribution in [0.15, 0.2) is 188 Å². The lowest BCUT2D eigenvalue weighted by atomic mass is 9.92. The van der Waals surface area contributed by atoms with E-state index in [1.807, 2.05) is 13.8 Å². The zero-order chi connectivity index (χ0) is 39.0. The molecule has 9 aromatic carbocycles. The number of rotatable bonds is 6. The van der Waals surface area contributed by atoms with E-state index < -0.39 is 0 Å². The van der Waals surface area contributed by atoms with Crippen LogP contribution in [0.25, 0.3) is 71.3 Å². The number of aryl methyl sites for hydroxylation is 3. The lowest BCUT2D eigenvalue weighted by Gasteiger charge is -2.27. The van der Waals surface area contributed by atoms with E-state index in [2.05, 4.69) is 218 Å². The van der Waals surface area contributed by atoms with Gasteiger partial charge in [0.25, 0.3) is 0 Å². The third-order valence-electron chi connectivity index (χ3n) is 11.5. The smallest absolute Gasteiger partial charge is 0.0541 e. The van der Waals surface area contributed by atoms with E-state index in [9.17, 15) is 0 Å². The highest BCUT2D eigenvalue weighted by Gasteiger charge is 2.17. The fourth-order valence-electron chi connectivity index (χ4n) is 8.47. The molecule has 10 rings (SSSR count). The molecule has 0 bridgehead atoms. The predicted molar refractivity (Wildman–Crippen MR) is 247 cm³/mol. The Labute approximate surface area is 335 Å². The Hall–Kier alpha value is -6.90. The van der Waals surface area contributed by atoms with E-state index in [1.54, 1.807) is 0 Å². The van der Waals surface area contributed by atoms with Crippen LogP contribution in [0.3, 0.4) is 0 Å². The van der Waals surface area contributed by atoms with E-state index in [1.165, 1.54) is 88.0 Å². The van der Waals surface area contributed by atoms with Crippen molar-refractivity contribution in [3.63, 3.8) is 0 Å². The molecule has 1 aromatic heterocycles. The van der Waals surface area contributed by atoms with Gasteiger partial charge in [0.2, 0.25) is 0 Å². The van der Waals surface area contributed by atoms with Gasteiger partial charge in [-0.1, -0.05) is 141 Å². The molecule has 2 nitrogen and oxygen atoms in total. The Balaban J connectivity index is 0.00000208. The van der Waals surface area contributed by atoms with Crippen LogP contribution in [0.5, 0.6) is 0 Å². The second-order valence-electron chi connectivity index (χ2n) is 14.7. The summed E-state index contributed by atoms with van der Waals surface area (Å²) in [7, 11) is 0. The van der Waals surface area contributed by atoms with Gasteiger partial charge < -0.3 is 9.47 Å². The minimum Gasteiger partial charge on any atom is -0.310 e. The average Bonchev–Trinajstić information content (AvgIpc) is 3.61. The maximum absolute atomic E-state index is 2.39. The van der Waals surface area contributed by atoms with Crippen molar-refractivity contribution in [1.29, 1.82) is 0 Å². The van der Waals surface area contributed by atoms with Crippen molar-refractivity contribution in [3.05, 3.63) is 205 Å². The van der Waals surface area contributed by atoms with Gasteiger partial charge in [0.15, 0.2) is 0 Å². The standard InChI is InChI=1S/C53H40N2.C2H6/c1-35-17-24-44(25-18-35)55-52-16-10-9-15-49(52)51-33-41(23-32-53(51)55)40-21-28-43(29-22-40)54(42-26-19-39(20-27-42)38-11-5-4-6-12-38)45-30-31-48-47-14-8-7-13-46(47)36(2)37(3)50(48)34-45;1-2/h4-34H,1-3H3;1-2H3. The molecule has 10 aromatic rings. The molecule has 0 aliphatic heterocycles. The summed E-state index contributed by atoms with van der Waals surface area (Å²) < 4.78 is 2.38. The first kappa shape index (κ1) is 35.8. The Morgan fingerprint density at radius 3 is 1.51 bits per heavy atom. The van der Waals surface area contributed by atoms with Gasteiger partial charge in [-0.3, -0.25) is 0 Å². The van der Waals surface area contributed by atoms with Crippen molar-refractivity contribution >= 4 is 60.4 Å². The van der Waals surface area contributed by atoms with Crippen LogP contribution in [0.2, 0.25) is 0 Å². The molecule has 0 N–H and O–H groups in total. The van der Waals surface area contributed by atoms with Gasteiger partial charge in [-0.05, 0) is 142 Å². The summed E-state index contributed by atoms with van der Waals surface area (Å²) in [4.78, 5) is 2.39. The maximum atomic E-state index is 2.39. The monoisotopic (exact) mass is 734 g/mol. The van der Waals surface area contributed by atoms with E-state index >= 15 is 0 Å². The summed E-state index contributed by atoms with van der Waals surface area (Å²) in [5.74, 6) is 0. The van der Waals surface area contributed by atoms with Crippen LogP contribution in [0.1, 0.15) is 30.5 Å². The molecule has 0 saturated heterocycles. The van der Waals surface area contributed by atoms with E-state index in [4.69, 9.17) is 0 Å². The van der Waals surface area contributed by atoms with Gasteiger partial charge in [-0.25, -0.2) is 0 Å². The van der Waals surface area contributed by atoms with Crippen LogP contribution in [-0.4, -0.2) is 4.57 Å². The highest BCUT2D eigenvalue weighted by atomic mass is 15.1. The Kier molecular flexibility index (Phi) is 9.40. The van der Waals surface area contributed by atoms with Gasteiger partial charge in [0, 0.05) is 33.5 Å². The average molecular weight is 735 g/mol. The summed E-state index contributed by atoms with van der Waals surface area (Å²) in [6, 6.07) is 68.8. The molecule has 0 saturated carbocycles. The van der Waals surface area contributed by atoms with E-state index in [0.717, 1.165) is 17.1 Å². The molecule has 2 heteroatoms. The minimum atomic E-state index is 1.11. The molecule has 0 unspecified atom stereocenters. The molecule has 0 radical (unpaired) electrons. The number of anilines is 3. The van der Waals surface area contributed by atoms with Crippen molar-refractivity contribution in [2.45, 2.75) is 34.6 Å². The Morgan fingerprint density at radius 2 is 0.825 bits per heavy atom. The second kappa shape index (κ2) is 15.0. The summed E-state index contributed by atoms with van der Waals surface area (Å²) in [5, 5.41) is 7.71. The second-order valence-corrected chi connectivity index (χ2v) is 14.7. The summed E-state index contributed by atoms with van der Waals surface area (Å²) in [5.41, 5.74) is 15.7. The minimum absolute atomic E-state index is 1.11. The number of hydrogen-bond acceptors (Lipinski definition) is 1. The molecule has 1 heterocycles. The fraction of sp³-hybridized carbons (Fsp3) is 0.0909. The van der Waals surface area contributed by atoms with E-state index in [-0.39, 0.29) is 0 Å². The number of benzene rings is 9. The summed E-state index contributed by atoms with van der Waals surface area (Å²) in [6.45, 7) is 10.6. The molecular formula is C55H46N2. The van der Waals surface area contributed by atoms with Crippen molar-refractivity contribution in [2.24, 2.45) is 0 Å². The fourth-order valence-corrected chi connectivity index (χ4v) is 8.47. The zero-order valence-corrected chi connectivity index (χ0v) is 33.3. The number of para-hydroxylation sites is 1. The molecule has 0 aliphatic carbocycles. The molecule has 57 heavy (non-hydrogen) atoms. The first-order chi connectivity index (χ1) is 28.0. The molecule has 0 atom stereocenters. The molecule has 276 valence electrons. The third kappa shape index (κ3) is 6.34. The SMILES string of the molecule is CC.Cc1ccc(-n2c3ccccc3c3cc(-c4ccc(N(c5ccc(-c6ccccc6)cc5)c5ccc6c(c5)c(C)c(C)c5ccccc56)cc4)ccc32)cc1. The zero-order valence-electron chi connectivity index (χ0n) is 33.3. The molecule has 0 spiro atoms. The van der Waals surface area contributed by atoms with Crippen molar-refractivity contribution in [2.75, 3.05) is 4.90 Å². The molecule has 0 amide bonds. The molecular weight excluding hydrogens is 689 g/mol. The highest BCUT2D eigenvalue weighted by molar-refractivity contribution is 6.12. The molecule has 0 aliphatic rings. The van der Waals surface area contributed by atoms with Crippen molar-refractivity contribution in [1.82, 2.24) is 4.57 Å². The van der Waals surface area contributed by atoms with Gasteiger partial charge in [0.05, 0.1) is 11.0 Å². The number of nitrogens with zero attached hydrogens (tertiary/aromatic N) is 2. The lowest BCUT2D eigenvalue weighted by Crippen LogP contribution is -2.10. The van der Waals surface area contributed by atoms with Crippen molar-refractivity contribution in [3.8, 4) is 27.9 Å².